The Labute approximate surface area is 96.4 Å². The van der Waals surface area contributed by atoms with Crippen LogP contribution >= 0.6 is 0 Å². The first-order chi connectivity index (χ1) is 7.85. The van der Waals surface area contributed by atoms with Gasteiger partial charge in [-0.1, -0.05) is 13.3 Å². The van der Waals surface area contributed by atoms with Crippen molar-refractivity contribution in [2.75, 3.05) is 6.61 Å². The number of hydrogen-bond acceptors (Lipinski definition) is 4. The molecule has 0 atom stereocenters. The van der Waals surface area contributed by atoms with Crippen molar-refractivity contribution in [3.05, 3.63) is 22.8 Å². The molecule has 0 aromatic carbocycles. The van der Waals surface area contributed by atoms with Gasteiger partial charge in [-0.2, -0.15) is 0 Å². The molecule has 0 amide bonds. The van der Waals surface area contributed by atoms with Crippen LogP contribution in [0.3, 0.4) is 0 Å². The van der Waals surface area contributed by atoms with Gasteiger partial charge in [0, 0.05) is 31.0 Å². The second kappa shape index (κ2) is 5.37. The topological polar surface area (TPSA) is 47.0 Å². The minimum Gasteiger partial charge on any atom is -0.374 e. The van der Waals surface area contributed by atoms with E-state index in [1.54, 1.807) is 0 Å². The molecule has 1 N–H and O–H groups in total. The summed E-state index contributed by atoms with van der Waals surface area (Å²) < 4.78 is 5.37. The average molecular weight is 221 g/mol. The van der Waals surface area contributed by atoms with Crippen molar-refractivity contribution >= 4 is 0 Å². The van der Waals surface area contributed by atoms with Crippen LogP contribution in [-0.2, 0) is 30.9 Å². The first-order valence-corrected chi connectivity index (χ1v) is 6.01. The van der Waals surface area contributed by atoms with E-state index in [-0.39, 0.29) is 0 Å². The molecular weight excluding hydrogens is 202 g/mol. The summed E-state index contributed by atoms with van der Waals surface area (Å²) in [7, 11) is 0. The monoisotopic (exact) mass is 221 g/mol. The second-order valence-electron chi connectivity index (χ2n) is 4.00. The Morgan fingerprint density at radius 3 is 2.88 bits per heavy atom. The Balaban J connectivity index is 2.24. The number of rotatable bonds is 5. The van der Waals surface area contributed by atoms with Gasteiger partial charge in [0.1, 0.15) is 6.61 Å². The van der Waals surface area contributed by atoms with Gasteiger partial charge in [-0.15, -0.1) is 0 Å². The van der Waals surface area contributed by atoms with Gasteiger partial charge in [0.15, 0.2) is 5.82 Å². The molecule has 16 heavy (non-hydrogen) atoms. The van der Waals surface area contributed by atoms with Gasteiger partial charge in [0.25, 0.3) is 0 Å². The first kappa shape index (κ1) is 11.5. The highest BCUT2D eigenvalue weighted by Gasteiger charge is 2.18. The average Bonchev–Trinajstić information content (AvgIpc) is 2.75. The lowest BCUT2D eigenvalue weighted by atomic mass is 10.1. The number of aromatic nitrogens is 2. The summed E-state index contributed by atoms with van der Waals surface area (Å²) in [4.78, 5) is 9.13. The fourth-order valence-electron chi connectivity index (χ4n) is 2.00. The maximum absolute atomic E-state index is 5.37. The van der Waals surface area contributed by atoms with Crippen molar-refractivity contribution in [2.45, 2.75) is 46.4 Å². The van der Waals surface area contributed by atoms with Crippen LogP contribution in [0.5, 0.6) is 0 Å². The van der Waals surface area contributed by atoms with E-state index in [1.807, 2.05) is 6.92 Å². The Morgan fingerprint density at radius 1 is 1.25 bits per heavy atom. The molecule has 1 aromatic heterocycles. The predicted octanol–water partition coefficient (Wildman–Crippen LogP) is 1.57. The standard InChI is InChI=1S/C12H19N3O/c1-3-5-10-9-6-13-7-11(9)15-12(14-10)8-16-4-2/h13H,3-8H2,1-2H3. The fourth-order valence-corrected chi connectivity index (χ4v) is 2.00. The lowest BCUT2D eigenvalue weighted by Crippen LogP contribution is -2.07. The van der Waals surface area contributed by atoms with E-state index < -0.39 is 0 Å². The third kappa shape index (κ3) is 2.39. The minimum absolute atomic E-state index is 0.528. The number of fused-ring (bicyclic) bond motifs is 1. The summed E-state index contributed by atoms with van der Waals surface area (Å²) in [5.41, 5.74) is 3.67. The molecule has 0 aliphatic carbocycles. The molecular formula is C12H19N3O. The summed E-state index contributed by atoms with van der Waals surface area (Å²) in [5.74, 6) is 0.827. The summed E-state index contributed by atoms with van der Waals surface area (Å²) in [6.07, 6.45) is 2.16. The second-order valence-corrected chi connectivity index (χ2v) is 4.00. The van der Waals surface area contributed by atoms with E-state index in [0.29, 0.717) is 13.2 Å². The quantitative estimate of drug-likeness (QED) is 0.820. The molecule has 0 fully saturated rings. The third-order valence-electron chi connectivity index (χ3n) is 2.74. The Bertz CT molecular complexity index is 366. The lowest BCUT2D eigenvalue weighted by molar-refractivity contribution is 0.128. The predicted molar refractivity (Wildman–Crippen MR) is 61.9 cm³/mol. The zero-order valence-electron chi connectivity index (χ0n) is 10.0. The smallest absolute Gasteiger partial charge is 0.154 e. The number of ether oxygens (including phenoxy) is 1. The maximum Gasteiger partial charge on any atom is 0.154 e. The Morgan fingerprint density at radius 2 is 2.12 bits per heavy atom. The normalized spacial score (nSPS) is 14.1. The number of hydrogen-bond donors (Lipinski definition) is 1. The molecule has 1 aliphatic heterocycles. The molecule has 0 spiro atoms. The molecule has 2 heterocycles. The van der Waals surface area contributed by atoms with Gasteiger partial charge in [0.05, 0.1) is 5.69 Å². The molecule has 1 aromatic rings. The largest absolute Gasteiger partial charge is 0.374 e. The highest BCUT2D eigenvalue weighted by Crippen LogP contribution is 2.18. The molecule has 0 unspecified atom stereocenters. The van der Waals surface area contributed by atoms with Crippen molar-refractivity contribution in [2.24, 2.45) is 0 Å². The number of nitrogens with one attached hydrogen (secondary N) is 1. The SMILES string of the molecule is CCCc1nc(COCC)nc2c1CNC2. The van der Waals surface area contributed by atoms with Crippen LogP contribution in [0.2, 0.25) is 0 Å². The van der Waals surface area contributed by atoms with Gasteiger partial charge in [-0.05, 0) is 13.3 Å². The molecule has 88 valence electrons. The fraction of sp³-hybridized carbons (Fsp3) is 0.667. The summed E-state index contributed by atoms with van der Waals surface area (Å²) >= 11 is 0. The minimum atomic E-state index is 0.528. The van der Waals surface area contributed by atoms with E-state index in [4.69, 9.17) is 4.74 Å². The van der Waals surface area contributed by atoms with Crippen molar-refractivity contribution in [3.63, 3.8) is 0 Å². The molecule has 2 rings (SSSR count). The molecule has 0 radical (unpaired) electrons. The molecule has 1 aliphatic rings. The first-order valence-electron chi connectivity index (χ1n) is 6.01. The number of nitrogens with zero attached hydrogens (tertiary/aromatic N) is 2. The van der Waals surface area contributed by atoms with Gasteiger partial charge in [-0.3, -0.25) is 0 Å². The summed E-state index contributed by atoms with van der Waals surface area (Å²) in [5, 5.41) is 3.33. The highest BCUT2D eigenvalue weighted by molar-refractivity contribution is 5.29. The Kier molecular flexibility index (Phi) is 3.85. The maximum atomic E-state index is 5.37. The van der Waals surface area contributed by atoms with Crippen LogP contribution in [0.4, 0.5) is 0 Å². The zero-order chi connectivity index (χ0) is 11.4. The van der Waals surface area contributed by atoms with Crippen molar-refractivity contribution < 1.29 is 4.74 Å². The van der Waals surface area contributed by atoms with Crippen LogP contribution in [0.1, 0.15) is 43.0 Å². The van der Waals surface area contributed by atoms with Crippen molar-refractivity contribution in [3.8, 4) is 0 Å². The third-order valence-corrected chi connectivity index (χ3v) is 2.74. The van der Waals surface area contributed by atoms with Crippen LogP contribution in [-0.4, -0.2) is 16.6 Å². The van der Waals surface area contributed by atoms with Gasteiger partial charge in [0.2, 0.25) is 0 Å². The molecule has 0 saturated carbocycles. The summed E-state index contributed by atoms with van der Waals surface area (Å²) in [6.45, 7) is 7.19. The van der Waals surface area contributed by atoms with Gasteiger partial charge < -0.3 is 10.1 Å². The Hall–Kier alpha value is -1.00. The molecule has 0 bridgehead atoms. The van der Waals surface area contributed by atoms with Crippen molar-refractivity contribution in [1.82, 2.24) is 15.3 Å². The van der Waals surface area contributed by atoms with Gasteiger partial charge >= 0.3 is 0 Å². The summed E-state index contributed by atoms with van der Waals surface area (Å²) in [6, 6.07) is 0. The zero-order valence-corrected chi connectivity index (χ0v) is 10.0. The number of aryl methyl sites for hydroxylation is 1. The highest BCUT2D eigenvalue weighted by atomic mass is 16.5. The van der Waals surface area contributed by atoms with E-state index in [2.05, 4.69) is 22.2 Å². The van der Waals surface area contributed by atoms with E-state index >= 15 is 0 Å². The van der Waals surface area contributed by atoms with E-state index in [9.17, 15) is 0 Å². The van der Waals surface area contributed by atoms with E-state index in [0.717, 1.165) is 37.4 Å². The van der Waals surface area contributed by atoms with Crippen LogP contribution in [0.15, 0.2) is 0 Å². The van der Waals surface area contributed by atoms with E-state index in [1.165, 1.54) is 11.3 Å². The van der Waals surface area contributed by atoms with Crippen LogP contribution < -0.4 is 5.32 Å². The molecule has 0 saturated heterocycles. The van der Waals surface area contributed by atoms with Crippen molar-refractivity contribution in [1.29, 1.82) is 0 Å². The lowest BCUT2D eigenvalue weighted by Gasteiger charge is -2.08. The van der Waals surface area contributed by atoms with Gasteiger partial charge in [-0.25, -0.2) is 9.97 Å². The van der Waals surface area contributed by atoms with Crippen LogP contribution in [0.25, 0.3) is 0 Å². The molecule has 4 heteroatoms. The van der Waals surface area contributed by atoms with Crippen LogP contribution in [0, 0.1) is 0 Å². The molecule has 4 nitrogen and oxygen atoms in total.